The van der Waals surface area contributed by atoms with Crippen molar-refractivity contribution in [2.75, 3.05) is 38.5 Å². The van der Waals surface area contributed by atoms with E-state index in [1.807, 2.05) is 18.3 Å². The summed E-state index contributed by atoms with van der Waals surface area (Å²) in [7, 11) is 2.16. The molecule has 0 atom stereocenters. The SMILES string of the molecule is CN1CCN(Cc2ccc(-c3cc4nccc(Oc5ccc(NC(=O)NC6CC6)cc5F)c4s3)nc2)CC1. The summed E-state index contributed by atoms with van der Waals surface area (Å²) in [6, 6.07) is 12.2. The number of piperazine rings is 1. The van der Waals surface area contributed by atoms with Crippen molar-refractivity contribution < 1.29 is 13.9 Å². The van der Waals surface area contributed by atoms with Crippen molar-refractivity contribution in [3.63, 3.8) is 0 Å². The van der Waals surface area contributed by atoms with Gasteiger partial charge in [0.1, 0.15) is 5.75 Å². The Hall–Kier alpha value is -3.60. The Morgan fingerprint density at radius 1 is 1.08 bits per heavy atom. The normalized spacial score (nSPS) is 16.5. The molecule has 2 amide bonds. The zero-order chi connectivity index (χ0) is 26.1. The van der Waals surface area contributed by atoms with E-state index in [-0.39, 0.29) is 17.8 Å². The molecule has 8 nitrogen and oxygen atoms in total. The number of benzene rings is 1. The summed E-state index contributed by atoms with van der Waals surface area (Å²) in [5.74, 6) is 0.0320. The summed E-state index contributed by atoms with van der Waals surface area (Å²) in [5, 5.41) is 5.48. The molecular formula is C28H29FN6O2S. The first kappa shape index (κ1) is 24.7. The minimum atomic E-state index is -0.562. The first-order chi connectivity index (χ1) is 18.5. The van der Waals surface area contributed by atoms with Crippen molar-refractivity contribution in [3.05, 3.63) is 66.2 Å². The van der Waals surface area contributed by atoms with Crippen LogP contribution in [0.2, 0.25) is 0 Å². The van der Waals surface area contributed by atoms with Crippen molar-refractivity contribution in [2.24, 2.45) is 0 Å². The third-order valence-electron chi connectivity index (χ3n) is 6.78. The van der Waals surface area contributed by atoms with Crippen LogP contribution >= 0.6 is 11.3 Å². The Morgan fingerprint density at radius 2 is 1.92 bits per heavy atom. The van der Waals surface area contributed by atoms with Crippen LogP contribution in [0, 0.1) is 5.82 Å². The summed E-state index contributed by atoms with van der Waals surface area (Å²) in [6.07, 6.45) is 5.56. The lowest BCUT2D eigenvalue weighted by atomic mass is 10.2. The molecule has 38 heavy (non-hydrogen) atoms. The topological polar surface area (TPSA) is 82.6 Å². The van der Waals surface area contributed by atoms with Gasteiger partial charge in [-0.25, -0.2) is 9.18 Å². The second kappa shape index (κ2) is 10.6. The van der Waals surface area contributed by atoms with Gasteiger partial charge in [-0.2, -0.15) is 0 Å². The standard InChI is InChI=1S/C28H29FN6O2S/c1-34-10-12-35(13-11-34)17-18-2-6-22(31-16-18)26-15-23-27(38-26)25(8-9-30-23)37-24-7-5-20(14-21(24)29)33-28(36)32-19-3-4-19/h2,5-9,14-16,19H,3-4,10-13,17H2,1H3,(H2,32,33,36). The molecule has 4 heterocycles. The molecule has 2 N–H and O–H groups in total. The van der Waals surface area contributed by atoms with Gasteiger partial charge in [0.15, 0.2) is 11.6 Å². The summed E-state index contributed by atoms with van der Waals surface area (Å²) in [5.41, 5.74) is 3.20. The highest BCUT2D eigenvalue weighted by Crippen LogP contribution is 2.39. The summed E-state index contributed by atoms with van der Waals surface area (Å²) in [6.45, 7) is 5.22. The van der Waals surface area contributed by atoms with E-state index >= 15 is 0 Å². The lowest BCUT2D eigenvalue weighted by Crippen LogP contribution is -2.43. The fourth-order valence-corrected chi connectivity index (χ4v) is 5.45. The van der Waals surface area contributed by atoms with E-state index < -0.39 is 5.82 Å². The van der Waals surface area contributed by atoms with Crippen LogP contribution in [0.5, 0.6) is 11.5 Å². The number of thiophene rings is 1. The lowest BCUT2D eigenvalue weighted by molar-refractivity contribution is 0.148. The van der Waals surface area contributed by atoms with E-state index in [0.717, 1.165) is 66.4 Å². The maximum absolute atomic E-state index is 14.8. The molecule has 196 valence electrons. The Labute approximate surface area is 224 Å². The number of nitrogens with zero attached hydrogens (tertiary/aromatic N) is 4. The van der Waals surface area contributed by atoms with E-state index in [0.29, 0.717) is 11.4 Å². The van der Waals surface area contributed by atoms with Crippen LogP contribution in [0.25, 0.3) is 20.8 Å². The first-order valence-electron chi connectivity index (χ1n) is 12.8. The lowest BCUT2D eigenvalue weighted by Gasteiger charge is -2.32. The number of urea groups is 1. The minimum Gasteiger partial charge on any atom is -0.453 e. The average molecular weight is 533 g/mol. The molecule has 1 aliphatic carbocycles. The van der Waals surface area contributed by atoms with Crippen molar-refractivity contribution in [2.45, 2.75) is 25.4 Å². The molecular weight excluding hydrogens is 503 g/mol. The van der Waals surface area contributed by atoms with Crippen molar-refractivity contribution >= 4 is 33.3 Å². The third kappa shape index (κ3) is 5.77. The van der Waals surface area contributed by atoms with Crippen LogP contribution in [0.1, 0.15) is 18.4 Å². The number of fused-ring (bicyclic) bond motifs is 1. The molecule has 6 rings (SSSR count). The van der Waals surface area contributed by atoms with Gasteiger partial charge in [0, 0.05) is 69.0 Å². The predicted octanol–water partition coefficient (Wildman–Crippen LogP) is 5.32. The van der Waals surface area contributed by atoms with E-state index in [9.17, 15) is 9.18 Å². The Balaban J connectivity index is 1.15. The largest absolute Gasteiger partial charge is 0.453 e. The molecule has 0 spiro atoms. The monoisotopic (exact) mass is 532 g/mol. The van der Waals surface area contributed by atoms with Gasteiger partial charge in [0.2, 0.25) is 0 Å². The number of halogens is 1. The number of carbonyl (C=O) groups excluding carboxylic acids is 1. The highest BCUT2D eigenvalue weighted by Gasteiger charge is 2.23. The number of likely N-dealkylation sites (N-methyl/N-ethyl adjacent to an activating group) is 1. The Morgan fingerprint density at radius 3 is 2.66 bits per heavy atom. The molecule has 0 bridgehead atoms. The third-order valence-corrected chi connectivity index (χ3v) is 7.94. The van der Waals surface area contributed by atoms with Crippen molar-refractivity contribution in [1.29, 1.82) is 0 Å². The second-order valence-corrected chi connectivity index (χ2v) is 10.9. The van der Waals surface area contributed by atoms with Gasteiger partial charge < -0.3 is 20.3 Å². The van der Waals surface area contributed by atoms with E-state index in [1.54, 1.807) is 18.3 Å². The minimum absolute atomic E-state index is 0.0759. The second-order valence-electron chi connectivity index (χ2n) is 9.89. The molecule has 1 saturated carbocycles. The van der Waals surface area contributed by atoms with E-state index in [4.69, 9.17) is 9.72 Å². The molecule has 3 aromatic heterocycles. The Kier molecular flexibility index (Phi) is 6.92. The van der Waals surface area contributed by atoms with E-state index in [2.05, 4.69) is 38.5 Å². The fourth-order valence-electron chi connectivity index (χ4n) is 4.41. The first-order valence-corrected chi connectivity index (χ1v) is 13.6. The maximum atomic E-state index is 14.8. The number of aromatic nitrogens is 2. The number of pyridine rings is 2. The van der Waals surface area contributed by atoms with Crippen LogP contribution in [0.15, 0.2) is 54.9 Å². The van der Waals surface area contributed by atoms with Gasteiger partial charge in [-0.15, -0.1) is 11.3 Å². The molecule has 1 saturated heterocycles. The predicted molar refractivity (Wildman–Crippen MR) is 147 cm³/mol. The van der Waals surface area contributed by atoms with Crippen LogP contribution in [-0.4, -0.2) is 65.1 Å². The molecule has 2 aliphatic rings. The summed E-state index contributed by atoms with van der Waals surface area (Å²) < 4.78 is 21.6. The molecule has 2 fully saturated rings. The van der Waals surface area contributed by atoms with Gasteiger partial charge in [0.25, 0.3) is 0 Å². The highest BCUT2D eigenvalue weighted by molar-refractivity contribution is 7.22. The van der Waals surface area contributed by atoms with Crippen molar-refractivity contribution in [3.8, 4) is 22.1 Å². The number of hydrogen-bond donors (Lipinski definition) is 2. The summed E-state index contributed by atoms with van der Waals surface area (Å²) in [4.78, 5) is 26.9. The Bertz CT molecular complexity index is 1450. The number of nitrogens with one attached hydrogen (secondary N) is 2. The molecule has 4 aromatic rings. The van der Waals surface area contributed by atoms with Gasteiger partial charge in [-0.1, -0.05) is 6.07 Å². The maximum Gasteiger partial charge on any atom is 0.319 e. The molecule has 0 unspecified atom stereocenters. The van der Waals surface area contributed by atoms with Gasteiger partial charge >= 0.3 is 6.03 Å². The van der Waals surface area contributed by atoms with Crippen LogP contribution in [0.4, 0.5) is 14.9 Å². The smallest absolute Gasteiger partial charge is 0.319 e. The fraction of sp³-hybridized carbons (Fsp3) is 0.321. The van der Waals surface area contributed by atoms with Gasteiger partial charge in [-0.3, -0.25) is 14.9 Å². The van der Waals surface area contributed by atoms with Crippen LogP contribution < -0.4 is 15.4 Å². The number of hydrogen-bond acceptors (Lipinski definition) is 7. The van der Waals surface area contributed by atoms with Crippen molar-refractivity contribution in [1.82, 2.24) is 25.1 Å². The van der Waals surface area contributed by atoms with Crippen LogP contribution in [-0.2, 0) is 6.54 Å². The number of ether oxygens (including phenoxy) is 1. The van der Waals surface area contributed by atoms with Gasteiger partial charge in [0.05, 0.1) is 20.8 Å². The number of amides is 2. The molecule has 0 radical (unpaired) electrons. The molecule has 1 aliphatic heterocycles. The molecule has 1 aromatic carbocycles. The van der Waals surface area contributed by atoms with Gasteiger partial charge in [-0.05, 0) is 49.7 Å². The quantitative estimate of drug-likeness (QED) is 0.335. The average Bonchev–Trinajstić information content (AvgIpc) is 3.61. The van der Waals surface area contributed by atoms with E-state index in [1.165, 1.54) is 29.0 Å². The number of rotatable bonds is 7. The number of carbonyl (C=O) groups is 1. The summed E-state index contributed by atoms with van der Waals surface area (Å²) >= 11 is 1.51. The zero-order valence-corrected chi connectivity index (χ0v) is 21.9. The molecule has 10 heteroatoms. The number of anilines is 1. The zero-order valence-electron chi connectivity index (χ0n) is 21.1. The van der Waals surface area contributed by atoms with Crippen LogP contribution in [0.3, 0.4) is 0 Å². The highest BCUT2D eigenvalue weighted by atomic mass is 32.1.